The summed E-state index contributed by atoms with van der Waals surface area (Å²) in [5, 5.41) is 58.4. The Morgan fingerprint density at radius 3 is 1.63 bits per heavy atom. The molecule has 0 aliphatic carbocycles. The number of rotatable bonds is 12. The SMILES string of the molecule is COc1cccc(N=C([O-])c2cc3ccccc3c(N=Nc3ccc(S(=O)(=O)O)c(C)c3Cl)c2[O-])c1.COc1cccc(NC(=O)c2cc3ccccc3c(N=Nc3ccc(S(=O)(=O)O)c(C)c3Cl)c2O)c1.[Ba+2]. The van der Waals surface area contributed by atoms with Gasteiger partial charge in [0.25, 0.3) is 26.1 Å². The van der Waals surface area contributed by atoms with E-state index in [-0.39, 0.29) is 114 Å². The van der Waals surface area contributed by atoms with Crippen molar-refractivity contribution in [2.45, 2.75) is 23.6 Å². The minimum absolute atomic E-state index is 0. The van der Waals surface area contributed by atoms with Crippen molar-refractivity contribution in [3.8, 4) is 23.0 Å². The van der Waals surface area contributed by atoms with Crippen molar-refractivity contribution in [1.29, 1.82) is 0 Å². The fourth-order valence-corrected chi connectivity index (χ4v) is 9.12. The van der Waals surface area contributed by atoms with Crippen LogP contribution in [-0.4, -0.2) is 106 Å². The number of phenols is 1. The largest absolute Gasteiger partial charge is 2.00 e. The first-order valence-electron chi connectivity index (χ1n) is 20.9. The van der Waals surface area contributed by atoms with Crippen molar-refractivity contribution in [3.63, 3.8) is 0 Å². The van der Waals surface area contributed by atoms with E-state index in [4.69, 9.17) is 32.7 Å². The van der Waals surface area contributed by atoms with E-state index in [2.05, 4.69) is 30.8 Å². The zero-order chi connectivity index (χ0) is 52.1. The van der Waals surface area contributed by atoms with Crippen LogP contribution < -0.4 is 25.0 Å². The number of aromatic hydroxyl groups is 1. The molecule has 73 heavy (non-hydrogen) atoms. The number of hydrogen-bond acceptors (Lipinski definition) is 15. The van der Waals surface area contributed by atoms with Crippen molar-refractivity contribution >= 4 is 160 Å². The summed E-state index contributed by atoms with van der Waals surface area (Å²) in [6.45, 7) is 2.82. The summed E-state index contributed by atoms with van der Waals surface area (Å²) in [5.74, 6) is -1.36. The van der Waals surface area contributed by atoms with E-state index in [1.807, 2.05) is 0 Å². The van der Waals surface area contributed by atoms with Crippen LogP contribution in [0, 0.1) is 13.8 Å². The number of fused-ring (bicyclic) bond motifs is 2. The molecule has 8 rings (SSSR count). The van der Waals surface area contributed by atoms with Gasteiger partial charge >= 0.3 is 48.9 Å². The van der Waals surface area contributed by atoms with Gasteiger partial charge in [-0.2, -0.15) is 21.9 Å². The molecule has 0 saturated carbocycles. The first-order chi connectivity index (χ1) is 34.2. The Morgan fingerprint density at radius 2 is 1.10 bits per heavy atom. The molecule has 0 aromatic heterocycles. The Bertz CT molecular complexity index is 3790. The Balaban J connectivity index is 0.000000235. The van der Waals surface area contributed by atoms with E-state index < -0.39 is 43.5 Å². The van der Waals surface area contributed by atoms with Crippen LogP contribution in [0.5, 0.6) is 23.0 Å². The monoisotopic (exact) mass is 1190 g/mol. The maximum atomic E-state index is 13.3. The van der Waals surface area contributed by atoms with Gasteiger partial charge in [-0.1, -0.05) is 89.6 Å². The van der Waals surface area contributed by atoms with Crippen LogP contribution in [0.2, 0.25) is 10.0 Å². The third-order valence-electron chi connectivity index (χ3n) is 10.8. The predicted molar refractivity (Wildman–Crippen MR) is 275 cm³/mol. The molecule has 0 atom stereocenters. The Hall–Kier alpha value is -6.41. The molecule has 8 aromatic carbocycles. The first-order valence-corrected chi connectivity index (χ1v) is 24.5. The molecule has 0 spiro atoms. The van der Waals surface area contributed by atoms with Crippen molar-refractivity contribution < 1.29 is 55.5 Å². The van der Waals surface area contributed by atoms with Crippen LogP contribution in [0.3, 0.4) is 0 Å². The first kappa shape index (κ1) is 55.9. The molecule has 4 N–H and O–H groups in total. The summed E-state index contributed by atoms with van der Waals surface area (Å²) in [5.41, 5.74) is 0.817. The molecule has 0 fully saturated rings. The van der Waals surface area contributed by atoms with E-state index >= 15 is 0 Å². The third-order valence-corrected chi connectivity index (χ3v) is 13.7. The van der Waals surface area contributed by atoms with Gasteiger partial charge in [0.05, 0.1) is 51.0 Å². The Kier molecular flexibility index (Phi) is 18.1. The maximum absolute atomic E-state index is 13.3. The van der Waals surface area contributed by atoms with Crippen LogP contribution in [-0.2, 0) is 20.2 Å². The second kappa shape index (κ2) is 23.6. The molecule has 18 nitrogen and oxygen atoms in total. The Labute approximate surface area is 468 Å². The number of phenolic OH excluding ortho intramolecular Hbond substituents is 1. The zero-order valence-corrected chi connectivity index (χ0v) is 46.3. The number of amides is 1. The van der Waals surface area contributed by atoms with Crippen molar-refractivity contribution in [3.05, 3.63) is 166 Å². The summed E-state index contributed by atoms with van der Waals surface area (Å²) in [6.07, 6.45) is 0. The molecular formula is C50H38BaCl2N6O12S2. The maximum Gasteiger partial charge on any atom is 2.00 e. The van der Waals surface area contributed by atoms with Crippen molar-refractivity contribution in [2.75, 3.05) is 19.5 Å². The summed E-state index contributed by atoms with van der Waals surface area (Å²) in [6, 6.07) is 34.9. The number of benzene rings is 8. The van der Waals surface area contributed by atoms with Gasteiger partial charge in [-0.15, -0.1) is 15.3 Å². The summed E-state index contributed by atoms with van der Waals surface area (Å²) in [4.78, 5) is 16.4. The molecule has 0 aliphatic rings. The molecule has 0 aliphatic heterocycles. The smallest absolute Gasteiger partial charge is 0.871 e. The van der Waals surface area contributed by atoms with Gasteiger partial charge in [-0.3, -0.25) is 18.9 Å². The van der Waals surface area contributed by atoms with E-state index in [9.17, 15) is 46.1 Å². The molecule has 8 aromatic rings. The number of hydrogen-bond donors (Lipinski definition) is 4. The number of nitrogens with one attached hydrogen (secondary N) is 1. The van der Waals surface area contributed by atoms with Gasteiger partial charge in [-0.05, 0) is 108 Å². The number of carbonyl (C=O) groups is 1. The number of aliphatic imine (C=N–C) groups is 1. The van der Waals surface area contributed by atoms with E-state index in [0.717, 1.165) is 12.1 Å². The number of anilines is 1. The molecule has 0 unspecified atom stereocenters. The van der Waals surface area contributed by atoms with Gasteiger partial charge in [0.1, 0.15) is 28.6 Å². The Morgan fingerprint density at radius 1 is 0.616 bits per heavy atom. The summed E-state index contributed by atoms with van der Waals surface area (Å²) < 4.78 is 75.1. The third kappa shape index (κ3) is 12.9. The number of halogens is 2. The van der Waals surface area contributed by atoms with E-state index in [1.54, 1.807) is 97.1 Å². The predicted octanol–water partition coefficient (Wildman–Crippen LogP) is 11.0. The molecule has 0 radical (unpaired) electrons. The number of ether oxygens (including phenoxy) is 2. The van der Waals surface area contributed by atoms with Crippen molar-refractivity contribution in [2.24, 2.45) is 25.4 Å². The van der Waals surface area contributed by atoms with Crippen LogP contribution in [0.15, 0.2) is 169 Å². The molecule has 1 amide bonds. The van der Waals surface area contributed by atoms with E-state index in [0.29, 0.717) is 44.4 Å². The van der Waals surface area contributed by atoms with Crippen LogP contribution >= 0.6 is 23.2 Å². The number of carbonyl (C=O) groups excluding carboxylic acids is 1. The average molecular weight is 1190 g/mol. The second-order valence-electron chi connectivity index (χ2n) is 15.4. The minimum Gasteiger partial charge on any atom is -0.871 e. The molecule has 0 bridgehead atoms. The van der Waals surface area contributed by atoms with Crippen molar-refractivity contribution in [1.82, 2.24) is 0 Å². The minimum atomic E-state index is -4.48. The topological polar surface area (TPSA) is 284 Å². The standard InChI is InChI=1S/2C25H20ClN3O6S.Ba/c2*1-14-21(36(32,33)34)11-10-20(22(14)26)28-29-23-18-9-4-3-6-15(18)12-19(24(23)30)25(31)27-16-7-5-8-17(13-16)35-2;/h2*3-13,30H,1-2H3,(H,27,31)(H,32,33,34);/q;;+2/p-2. The number of azo groups is 2. The van der Waals surface area contributed by atoms with Gasteiger partial charge in [0.2, 0.25) is 0 Å². The molecule has 23 heteroatoms. The van der Waals surface area contributed by atoms with Crippen LogP contribution in [0.25, 0.3) is 21.5 Å². The van der Waals surface area contributed by atoms with Gasteiger partial charge in [0.15, 0.2) is 5.75 Å². The van der Waals surface area contributed by atoms with Gasteiger partial charge in [-0.25, -0.2) is 0 Å². The van der Waals surface area contributed by atoms with Gasteiger partial charge < -0.3 is 30.1 Å². The molecule has 0 saturated heterocycles. The fourth-order valence-electron chi connectivity index (χ4n) is 7.14. The molecule has 368 valence electrons. The number of methoxy groups -OCH3 is 2. The van der Waals surface area contributed by atoms with E-state index in [1.165, 1.54) is 52.3 Å². The van der Waals surface area contributed by atoms with Crippen LogP contribution in [0.4, 0.5) is 34.1 Å². The molecular weight excluding hydrogens is 1150 g/mol. The van der Waals surface area contributed by atoms with Crippen LogP contribution in [0.1, 0.15) is 27.0 Å². The normalized spacial score (nSPS) is 11.9. The van der Waals surface area contributed by atoms with Gasteiger partial charge in [0, 0.05) is 28.6 Å². The quantitative estimate of drug-likeness (QED) is 0.0292. The second-order valence-corrected chi connectivity index (χ2v) is 18.9. The molecule has 0 heterocycles. The summed E-state index contributed by atoms with van der Waals surface area (Å²) >= 11 is 12.5. The summed E-state index contributed by atoms with van der Waals surface area (Å²) in [7, 11) is -5.95. The zero-order valence-electron chi connectivity index (χ0n) is 38.7. The number of nitrogens with zero attached hydrogens (tertiary/aromatic N) is 5. The fraction of sp³-hybridized carbons (Fsp3) is 0.0800. The average Bonchev–Trinajstić information content (AvgIpc) is 3.34.